The van der Waals surface area contributed by atoms with Crippen LogP contribution in [0.1, 0.15) is 52.9 Å². The molecule has 1 saturated carbocycles. The van der Waals surface area contributed by atoms with Crippen LogP contribution in [-0.4, -0.2) is 19.0 Å². The summed E-state index contributed by atoms with van der Waals surface area (Å²) in [5, 5.41) is 3.13. The van der Waals surface area contributed by atoms with Crippen molar-refractivity contribution in [2.75, 3.05) is 13.1 Å². The highest BCUT2D eigenvalue weighted by molar-refractivity contribution is 5.79. The van der Waals surface area contributed by atoms with E-state index in [1.54, 1.807) is 0 Å². The summed E-state index contributed by atoms with van der Waals surface area (Å²) in [5.41, 5.74) is 5.94. The fraction of sp³-hybridized carbons (Fsp3) is 0.929. The zero-order valence-electron chi connectivity index (χ0n) is 11.6. The fourth-order valence-corrected chi connectivity index (χ4v) is 2.80. The monoisotopic (exact) mass is 240 g/mol. The first kappa shape index (κ1) is 14.5. The average Bonchev–Trinajstić information content (AvgIpc) is 2.78. The minimum atomic E-state index is 0.0947. The van der Waals surface area contributed by atoms with Crippen LogP contribution < -0.4 is 11.1 Å². The largest absolute Gasteiger partial charge is 0.355 e. The first-order chi connectivity index (χ1) is 8.08. The predicted molar refractivity (Wildman–Crippen MR) is 71.6 cm³/mol. The van der Waals surface area contributed by atoms with Gasteiger partial charge in [0.25, 0.3) is 0 Å². The van der Waals surface area contributed by atoms with Crippen LogP contribution in [0.4, 0.5) is 0 Å². The maximum atomic E-state index is 12.1. The van der Waals surface area contributed by atoms with Crippen LogP contribution in [0.2, 0.25) is 0 Å². The van der Waals surface area contributed by atoms with Crippen LogP contribution in [0.3, 0.4) is 0 Å². The Hall–Kier alpha value is -0.570. The van der Waals surface area contributed by atoms with Gasteiger partial charge in [-0.1, -0.05) is 27.2 Å². The smallest absolute Gasteiger partial charge is 0.223 e. The molecule has 100 valence electrons. The number of rotatable bonds is 6. The Morgan fingerprint density at radius 1 is 1.35 bits per heavy atom. The molecule has 17 heavy (non-hydrogen) atoms. The van der Waals surface area contributed by atoms with E-state index in [-0.39, 0.29) is 17.2 Å². The highest BCUT2D eigenvalue weighted by atomic mass is 16.1. The first-order valence-electron chi connectivity index (χ1n) is 7.06. The molecule has 3 heteroatoms. The molecule has 1 aliphatic carbocycles. The van der Waals surface area contributed by atoms with Crippen molar-refractivity contribution in [3.63, 3.8) is 0 Å². The number of amides is 1. The number of hydrogen-bond donors (Lipinski definition) is 2. The van der Waals surface area contributed by atoms with Crippen LogP contribution in [-0.2, 0) is 4.79 Å². The highest BCUT2D eigenvalue weighted by Gasteiger charge is 2.31. The summed E-state index contributed by atoms with van der Waals surface area (Å²) in [6.07, 6.45) is 5.51. The SMILES string of the molecule is CCC(CC)(CN)CNC(=O)C1CCCC1C. The molecule has 1 amide bonds. The Bertz CT molecular complexity index is 240. The summed E-state index contributed by atoms with van der Waals surface area (Å²) in [5.74, 6) is 1.03. The van der Waals surface area contributed by atoms with E-state index in [4.69, 9.17) is 5.73 Å². The molecule has 3 N–H and O–H groups in total. The second kappa shape index (κ2) is 6.39. The average molecular weight is 240 g/mol. The van der Waals surface area contributed by atoms with Gasteiger partial charge < -0.3 is 11.1 Å². The molecule has 0 saturated heterocycles. The minimum Gasteiger partial charge on any atom is -0.355 e. The molecule has 0 spiro atoms. The van der Waals surface area contributed by atoms with Crippen molar-refractivity contribution >= 4 is 5.91 Å². The molecule has 0 radical (unpaired) electrons. The van der Waals surface area contributed by atoms with Crippen LogP contribution in [0, 0.1) is 17.3 Å². The summed E-state index contributed by atoms with van der Waals surface area (Å²) in [6, 6.07) is 0. The molecular weight excluding hydrogens is 212 g/mol. The van der Waals surface area contributed by atoms with Crippen molar-refractivity contribution < 1.29 is 4.79 Å². The Morgan fingerprint density at radius 3 is 2.41 bits per heavy atom. The van der Waals surface area contributed by atoms with Gasteiger partial charge in [-0.05, 0) is 43.6 Å². The van der Waals surface area contributed by atoms with Crippen molar-refractivity contribution in [1.82, 2.24) is 5.32 Å². The quantitative estimate of drug-likeness (QED) is 0.748. The summed E-state index contributed by atoms with van der Waals surface area (Å²) >= 11 is 0. The second-order valence-electron chi connectivity index (χ2n) is 5.64. The zero-order valence-corrected chi connectivity index (χ0v) is 11.6. The third kappa shape index (κ3) is 3.44. The molecule has 0 aromatic heterocycles. The van der Waals surface area contributed by atoms with Crippen molar-refractivity contribution in [2.45, 2.75) is 52.9 Å². The Balaban J connectivity index is 2.46. The molecule has 3 nitrogen and oxygen atoms in total. The van der Waals surface area contributed by atoms with Gasteiger partial charge >= 0.3 is 0 Å². The van der Waals surface area contributed by atoms with Crippen molar-refractivity contribution in [1.29, 1.82) is 0 Å². The first-order valence-corrected chi connectivity index (χ1v) is 7.06. The third-order valence-corrected chi connectivity index (χ3v) is 4.77. The molecule has 2 unspecified atom stereocenters. The maximum Gasteiger partial charge on any atom is 0.223 e. The summed E-state index contributed by atoms with van der Waals surface area (Å²) < 4.78 is 0. The number of carbonyl (C=O) groups excluding carboxylic acids is 1. The molecule has 0 bridgehead atoms. The van der Waals surface area contributed by atoms with E-state index in [1.165, 1.54) is 12.8 Å². The van der Waals surface area contributed by atoms with Crippen LogP contribution in [0.5, 0.6) is 0 Å². The van der Waals surface area contributed by atoms with Crippen molar-refractivity contribution in [3.05, 3.63) is 0 Å². The van der Waals surface area contributed by atoms with Crippen LogP contribution >= 0.6 is 0 Å². The Kier molecular flexibility index (Phi) is 5.44. The van der Waals surface area contributed by atoms with Gasteiger partial charge in [0.1, 0.15) is 0 Å². The van der Waals surface area contributed by atoms with Gasteiger partial charge in [-0.15, -0.1) is 0 Å². The number of nitrogens with two attached hydrogens (primary N) is 1. The normalized spacial score (nSPS) is 24.9. The Morgan fingerprint density at radius 2 is 2.00 bits per heavy atom. The summed E-state index contributed by atoms with van der Waals surface area (Å²) in [4.78, 5) is 12.1. The van der Waals surface area contributed by atoms with E-state index in [0.717, 1.165) is 25.8 Å². The third-order valence-electron chi connectivity index (χ3n) is 4.77. The van der Waals surface area contributed by atoms with Gasteiger partial charge in [0, 0.05) is 12.5 Å². The van der Waals surface area contributed by atoms with Gasteiger partial charge in [-0.3, -0.25) is 4.79 Å². The summed E-state index contributed by atoms with van der Waals surface area (Å²) in [6.45, 7) is 7.88. The molecule has 1 aliphatic rings. The lowest BCUT2D eigenvalue weighted by atomic mass is 9.82. The van der Waals surface area contributed by atoms with E-state index in [9.17, 15) is 4.79 Å². The van der Waals surface area contributed by atoms with E-state index in [2.05, 4.69) is 26.1 Å². The Labute approximate surface area is 106 Å². The zero-order chi connectivity index (χ0) is 12.9. The number of hydrogen-bond acceptors (Lipinski definition) is 2. The van der Waals surface area contributed by atoms with E-state index in [1.807, 2.05) is 0 Å². The number of nitrogens with one attached hydrogen (secondary N) is 1. The predicted octanol–water partition coefficient (Wildman–Crippen LogP) is 2.30. The van der Waals surface area contributed by atoms with Gasteiger partial charge in [0.2, 0.25) is 5.91 Å². The maximum absolute atomic E-state index is 12.1. The highest BCUT2D eigenvalue weighted by Crippen LogP contribution is 2.31. The standard InChI is InChI=1S/C14H28N2O/c1-4-14(5-2,9-15)10-16-13(17)12-8-6-7-11(12)3/h11-12H,4-10,15H2,1-3H3,(H,16,17). The lowest BCUT2D eigenvalue weighted by Crippen LogP contribution is -2.44. The molecule has 0 aromatic carbocycles. The van der Waals surface area contributed by atoms with E-state index in [0.29, 0.717) is 12.5 Å². The molecule has 0 aliphatic heterocycles. The molecule has 2 atom stereocenters. The van der Waals surface area contributed by atoms with Gasteiger partial charge in [0.05, 0.1) is 0 Å². The molecule has 1 fully saturated rings. The second-order valence-corrected chi connectivity index (χ2v) is 5.64. The minimum absolute atomic E-state index is 0.0947. The summed E-state index contributed by atoms with van der Waals surface area (Å²) in [7, 11) is 0. The molecular formula is C14H28N2O. The van der Waals surface area contributed by atoms with Gasteiger partial charge in [-0.2, -0.15) is 0 Å². The lowest BCUT2D eigenvalue weighted by molar-refractivity contribution is -0.126. The van der Waals surface area contributed by atoms with E-state index >= 15 is 0 Å². The fourth-order valence-electron chi connectivity index (χ4n) is 2.80. The van der Waals surface area contributed by atoms with Crippen LogP contribution in [0.25, 0.3) is 0 Å². The van der Waals surface area contributed by atoms with Gasteiger partial charge in [-0.25, -0.2) is 0 Å². The van der Waals surface area contributed by atoms with Gasteiger partial charge in [0.15, 0.2) is 0 Å². The molecule has 0 aromatic rings. The van der Waals surface area contributed by atoms with Crippen molar-refractivity contribution in [2.24, 2.45) is 23.0 Å². The lowest BCUT2D eigenvalue weighted by Gasteiger charge is -2.31. The van der Waals surface area contributed by atoms with Crippen LogP contribution in [0.15, 0.2) is 0 Å². The molecule has 0 heterocycles. The molecule has 1 rings (SSSR count). The van der Waals surface area contributed by atoms with E-state index < -0.39 is 0 Å². The van der Waals surface area contributed by atoms with Crippen molar-refractivity contribution in [3.8, 4) is 0 Å². The number of carbonyl (C=O) groups is 1. The topological polar surface area (TPSA) is 55.1 Å².